The molecule has 0 aromatic carbocycles. The number of aliphatic imine (C=N–C) groups is 2. The van der Waals surface area contributed by atoms with Gasteiger partial charge in [-0.15, -0.1) is 0 Å². The molecule has 0 bridgehead atoms. The molecular weight excluding hydrogens is 311 g/mol. The standard InChI is InChI=1S/C17H23FN4O2/c18-11-3-4-13(15(8-11)24-12-2-1-7-23-9-12)22-17-16-14(5-6-19-16)20-10-21-17/h5-6,8,10,12-13,15-17,22H,1-4,7,9H2,(H,20,21)/t12-,13?,15?,16?,17?/m0/s1. The predicted octanol–water partition coefficient (Wildman–Crippen LogP) is 1.45. The molecule has 1 fully saturated rings. The number of hydrogen-bond acceptors (Lipinski definition) is 6. The lowest BCUT2D eigenvalue weighted by atomic mass is 9.96. The molecule has 0 aromatic rings. The van der Waals surface area contributed by atoms with E-state index in [1.165, 1.54) is 0 Å². The molecule has 0 saturated carbocycles. The van der Waals surface area contributed by atoms with E-state index >= 15 is 0 Å². The van der Waals surface area contributed by atoms with Crippen LogP contribution >= 0.6 is 0 Å². The van der Waals surface area contributed by atoms with E-state index in [0.29, 0.717) is 19.4 Å². The smallest absolute Gasteiger partial charge is 0.130 e. The Morgan fingerprint density at radius 1 is 1.33 bits per heavy atom. The average molecular weight is 334 g/mol. The maximum Gasteiger partial charge on any atom is 0.130 e. The molecule has 4 unspecified atom stereocenters. The van der Waals surface area contributed by atoms with Crippen molar-refractivity contribution in [1.82, 2.24) is 10.6 Å². The second kappa shape index (κ2) is 7.13. The summed E-state index contributed by atoms with van der Waals surface area (Å²) in [5, 5.41) is 6.64. The van der Waals surface area contributed by atoms with Crippen molar-refractivity contribution in [1.29, 1.82) is 0 Å². The first-order chi connectivity index (χ1) is 11.8. The second-order valence-electron chi connectivity index (χ2n) is 6.60. The molecule has 1 aliphatic carbocycles. The summed E-state index contributed by atoms with van der Waals surface area (Å²) in [4.78, 5) is 8.92. The van der Waals surface area contributed by atoms with Gasteiger partial charge in [0.1, 0.15) is 12.2 Å². The zero-order valence-corrected chi connectivity index (χ0v) is 13.5. The van der Waals surface area contributed by atoms with Crippen molar-refractivity contribution in [2.45, 2.75) is 56.1 Å². The minimum atomic E-state index is -0.298. The largest absolute Gasteiger partial charge is 0.379 e. The second-order valence-corrected chi connectivity index (χ2v) is 6.60. The van der Waals surface area contributed by atoms with Gasteiger partial charge in [0, 0.05) is 31.0 Å². The first kappa shape index (κ1) is 15.9. The number of hydrogen-bond donors (Lipinski definition) is 2. The van der Waals surface area contributed by atoms with E-state index in [-0.39, 0.29) is 36.3 Å². The fraction of sp³-hybridized carbons (Fsp3) is 0.647. The summed E-state index contributed by atoms with van der Waals surface area (Å²) >= 11 is 0. The summed E-state index contributed by atoms with van der Waals surface area (Å²) in [7, 11) is 0. The normalized spacial score (nSPS) is 38.3. The molecular formula is C17H23FN4O2. The lowest BCUT2D eigenvalue weighted by Crippen LogP contribution is -2.53. The maximum atomic E-state index is 13.8. The van der Waals surface area contributed by atoms with Crippen LogP contribution in [0.4, 0.5) is 4.39 Å². The minimum absolute atomic E-state index is 0.0173. The SMILES string of the molecule is FC1=CC(O[C@H]2CCCOC2)C(NC2N=CNC3=CC=NC32)CC1. The fourth-order valence-corrected chi connectivity index (χ4v) is 3.60. The highest BCUT2D eigenvalue weighted by Crippen LogP contribution is 2.26. The number of rotatable bonds is 4. The van der Waals surface area contributed by atoms with Gasteiger partial charge in [-0.1, -0.05) is 0 Å². The molecule has 1 saturated heterocycles. The highest BCUT2D eigenvalue weighted by atomic mass is 19.1. The summed E-state index contributed by atoms with van der Waals surface area (Å²) in [6, 6.07) is -0.0202. The Bertz CT molecular complexity index is 583. The quantitative estimate of drug-likeness (QED) is 0.817. The Hall–Kier alpha value is -1.57. The molecule has 5 atom stereocenters. The van der Waals surface area contributed by atoms with Crippen molar-refractivity contribution in [2.24, 2.45) is 9.98 Å². The molecule has 0 aromatic heterocycles. The van der Waals surface area contributed by atoms with Crippen molar-refractivity contribution in [3.05, 3.63) is 23.7 Å². The van der Waals surface area contributed by atoms with Gasteiger partial charge in [0.2, 0.25) is 0 Å². The molecule has 24 heavy (non-hydrogen) atoms. The molecule has 4 rings (SSSR count). The van der Waals surface area contributed by atoms with Crippen LogP contribution in [-0.2, 0) is 9.47 Å². The van der Waals surface area contributed by atoms with Gasteiger partial charge in [0.15, 0.2) is 0 Å². The van der Waals surface area contributed by atoms with Gasteiger partial charge in [0.05, 0.1) is 31.0 Å². The van der Waals surface area contributed by atoms with E-state index in [1.54, 1.807) is 18.6 Å². The Morgan fingerprint density at radius 3 is 3.17 bits per heavy atom. The molecule has 4 aliphatic rings. The topological polar surface area (TPSA) is 67.2 Å². The van der Waals surface area contributed by atoms with Gasteiger partial charge in [-0.3, -0.25) is 15.3 Å². The van der Waals surface area contributed by atoms with E-state index in [1.807, 2.05) is 6.08 Å². The van der Waals surface area contributed by atoms with E-state index in [2.05, 4.69) is 20.6 Å². The monoisotopic (exact) mass is 334 g/mol. The lowest BCUT2D eigenvalue weighted by Gasteiger charge is -2.36. The number of allylic oxidation sites excluding steroid dienone is 2. The summed E-state index contributed by atoms with van der Waals surface area (Å²) in [6.45, 7) is 1.37. The zero-order chi connectivity index (χ0) is 16.4. The van der Waals surface area contributed by atoms with Crippen LogP contribution in [0.15, 0.2) is 33.7 Å². The van der Waals surface area contributed by atoms with Gasteiger partial charge in [-0.05, 0) is 31.4 Å². The number of nitrogens with zero attached hydrogens (tertiary/aromatic N) is 2. The Balaban J connectivity index is 1.44. The number of nitrogens with one attached hydrogen (secondary N) is 2. The zero-order valence-electron chi connectivity index (χ0n) is 13.5. The predicted molar refractivity (Wildman–Crippen MR) is 89.8 cm³/mol. The first-order valence-corrected chi connectivity index (χ1v) is 8.66. The summed E-state index contributed by atoms with van der Waals surface area (Å²) in [5.41, 5.74) is 1.04. The summed E-state index contributed by atoms with van der Waals surface area (Å²) < 4.78 is 25.4. The fourth-order valence-electron chi connectivity index (χ4n) is 3.60. The Morgan fingerprint density at radius 2 is 2.29 bits per heavy atom. The molecule has 0 spiro atoms. The average Bonchev–Trinajstić information content (AvgIpc) is 3.08. The highest BCUT2D eigenvalue weighted by Gasteiger charge is 2.35. The third-order valence-corrected chi connectivity index (χ3v) is 4.87. The summed E-state index contributed by atoms with van der Waals surface area (Å²) in [6.07, 6.45) is 9.72. The van der Waals surface area contributed by atoms with Gasteiger partial charge in [-0.2, -0.15) is 0 Å². The highest BCUT2D eigenvalue weighted by molar-refractivity contribution is 5.78. The molecule has 0 amide bonds. The molecule has 130 valence electrons. The van der Waals surface area contributed by atoms with Crippen molar-refractivity contribution in [2.75, 3.05) is 13.2 Å². The lowest BCUT2D eigenvalue weighted by molar-refractivity contribution is -0.0824. The van der Waals surface area contributed by atoms with Crippen LogP contribution < -0.4 is 10.6 Å². The van der Waals surface area contributed by atoms with Crippen LogP contribution in [0.3, 0.4) is 0 Å². The number of halogens is 1. The van der Waals surface area contributed by atoms with Crippen LogP contribution in [0.2, 0.25) is 0 Å². The van der Waals surface area contributed by atoms with Crippen LogP contribution in [0.5, 0.6) is 0 Å². The van der Waals surface area contributed by atoms with Crippen molar-refractivity contribution < 1.29 is 13.9 Å². The van der Waals surface area contributed by atoms with Gasteiger partial charge in [-0.25, -0.2) is 4.39 Å². The van der Waals surface area contributed by atoms with Gasteiger partial charge >= 0.3 is 0 Å². The molecule has 3 heterocycles. The van der Waals surface area contributed by atoms with E-state index in [0.717, 1.165) is 25.1 Å². The molecule has 2 N–H and O–H groups in total. The van der Waals surface area contributed by atoms with Crippen LogP contribution in [-0.4, -0.2) is 56.2 Å². The van der Waals surface area contributed by atoms with E-state index in [4.69, 9.17) is 9.47 Å². The van der Waals surface area contributed by atoms with E-state index < -0.39 is 0 Å². The summed E-state index contributed by atoms with van der Waals surface area (Å²) in [5.74, 6) is -0.0944. The van der Waals surface area contributed by atoms with Crippen LogP contribution in [0.25, 0.3) is 0 Å². The van der Waals surface area contributed by atoms with Crippen LogP contribution in [0.1, 0.15) is 25.7 Å². The Kier molecular flexibility index (Phi) is 4.73. The van der Waals surface area contributed by atoms with E-state index in [9.17, 15) is 4.39 Å². The van der Waals surface area contributed by atoms with Crippen molar-refractivity contribution in [3.8, 4) is 0 Å². The minimum Gasteiger partial charge on any atom is -0.379 e. The first-order valence-electron chi connectivity index (χ1n) is 8.66. The van der Waals surface area contributed by atoms with Gasteiger partial charge < -0.3 is 14.8 Å². The Labute approximate surface area is 140 Å². The van der Waals surface area contributed by atoms with Crippen molar-refractivity contribution in [3.63, 3.8) is 0 Å². The molecule has 7 heteroatoms. The third kappa shape index (κ3) is 3.43. The number of fused-ring (bicyclic) bond motifs is 1. The maximum absolute atomic E-state index is 13.8. The van der Waals surface area contributed by atoms with Gasteiger partial charge in [0.25, 0.3) is 0 Å². The molecule has 6 nitrogen and oxygen atoms in total. The molecule has 3 aliphatic heterocycles. The molecule has 0 radical (unpaired) electrons. The number of ether oxygens (including phenoxy) is 2. The van der Waals surface area contributed by atoms with Crippen LogP contribution in [0, 0.1) is 0 Å². The van der Waals surface area contributed by atoms with Crippen molar-refractivity contribution >= 4 is 12.6 Å². The third-order valence-electron chi connectivity index (χ3n) is 4.87.